The first kappa shape index (κ1) is 27.0. The van der Waals surface area contributed by atoms with Crippen molar-refractivity contribution < 1.29 is 19.4 Å². The second-order valence-corrected chi connectivity index (χ2v) is 9.83. The lowest BCUT2D eigenvalue weighted by molar-refractivity contribution is 0.0601. The fraction of sp³-hybridized carbons (Fsp3) is 0.156. The number of ether oxygens (including phenoxy) is 1. The number of amides is 1. The number of phenolic OH excluding ortho intramolecular Hbond substituents is 1. The molecule has 202 valence electrons. The van der Waals surface area contributed by atoms with E-state index in [4.69, 9.17) is 16.3 Å². The first-order chi connectivity index (χ1) is 19.4. The van der Waals surface area contributed by atoms with Gasteiger partial charge in [0.2, 0.25) is 0 Å². The number of imidazole rings is 1. The van der Waals surface area contributed by atoms with E-state index in [9.17, 15) is 14.7 Å². The van der Waals surface area contributed by atoms with Gasteiger partial charge in [-0.3, -0.25) is 4.79 Å². The Kier molecular flexibility index (Phi) is 7.84. The Balaban J connectivity index is 1.57. The number of hydrogen-bond donors (Lipinski definition) is 3. The Morgan fingerprint density at radius 1 is 1.00 bits per heavy atom. The minimum absolute atomic E-state index is 0.115. The zero-order valence-electron chi connectivity index (χ0n) is 22.1. The van der Waals surface area contributed by atoms with E-state index >= 15 is 0 Å². The predicted molar refractivity (Wildman–Crippen MR) is 157 cm³/mol. The van der Waals surface area contributed by atoms with Crippen molar-refractivity contribution in [1.82, 2.24) is 15.3 Å². The zero-order valence-corrected chi connectivity index (χ0v) is 22.8. The molecule has 1 aromatic heterocycles. The summed E-state index contributed by atoms with van der Waals surface area (Å²) in [4.78, 5) is 34.3. The van der Waals surface area contributed by atoms with E-state index < -0.39 is 5.97 Å². The van der Waals surface area contributed by atoms with Gasteiger partial charge in [-0.05, 0) is 47.9 Å². The molecular weight excluding hydrogens is 526 g/mol. The van der Waals surface area contributed by atoms with Crippen LogP contribution in [0, 0.1) is 0 Å². The average Bonchev–Trinajstić information content (AvgIpc) is 3.39. The van der Waals surface area contributed by atoms with Crippen molar-refractivity contribution in [1.29, 1.82) is 0 Å². The summed E-state index contributed by atoms with van der Waals surface area (Å²) in [5.74, 6) is -0.265. The molecular formula is C32H28ClN3O4. The van der Waals surface area contributed by atoms with Crippen LogP contribution < -0.4 is 5.32 Å². The number of esters is 1. The highest BCUT2D eigenvalue weighted by Gasteiger charge is 2.23. The molecule has 0 fully saturated rings. The van der Waals surface area contributed by atoms with Crippen LogP contribution in [0.2, 0.25) is 5.02 Å². The number of hydrogen-bond acceptors (Lipinski definition) is 5. The van der Waals surface area contributed by atoms with Gasteiger partial charge in [-0.15, -0.1) is 0 Å². The number of nitrogens with zero attached hydrogens (tertiary/aromatic N) is 1. The Bertz CT molecular complexity index is 1700. The standard InChI is InChI=1S/C32H28ClN3O4/c1-3-8-26(19-9-5-4-6-10-19)36-31(38)20-13-15-22(24(17-20)32(39)40-2)29-23(11-7-12-25(29)33)30-34-27-16-14-21(37)18-28(27)35-30/h4-7,9-18,26,37H,3,8H2,1-2H3,(H,34,35)(H,36,38)/t26-/m1/s1. The quantitative estimate of drug-likeness (QED) is 0.175. The molecule has 7 nitrogen and oxygen atoms in total. The molecule has 1 amide bonds. The van der Waals surface area contributed by atoms with E-state index in [1.807, 2.05) is 36.4 Å². The maximum absolute atomic E-state index is 13.4. The maximum atomic E-state index is 13.4. The second kappa shape index (κ2) is 11.6. The molecule has 0 aliphatic carbocycles. The van der Waals surface area contributed by atoms with Crippen molar-refractivity contribution in [2.75, 3.05) is 7.11 Å². The Labute approximate surface area is 236 Å². The highest BCUT2D eigenvalue weighted by Crippen LogP contribution is 2.39. The smallest absolute Gasteiger partial charge is 0.338 e. The number of H-pyrrole nitrogens is 1. The van der Waals surface area contributed by atoms with Crippen LogP contribution in [-0.4, -0.2) is 34.1 Å². The normalized spacial score (nSPS) is 11.8. The summed E-state index contributed by atoms with van der Waals surface area (Å²) in [6.07, 6.45) is 1.67. The number of aromatic amines is 1. The number of methoxy groups -OCH3 is 1. The van der Waals surface area contributed by atoms with Gasteiger partial charge in [0.05, 0.1) is 29.7 Å². The van der Waals surface area contributed by atoms with Crippen LogP contribution in [-0.2, 0) is 4.74 Å². The number of phenols is 1. The van der Waals surface area contributed by atoms with Gasteiger partial charge in [0.25, 0.3) is 5.91 Å². The van der Waals surface area contributed by atoms with Gasteiger partial charge < -0.3 is 20.1 Å². The minimum atomic E-state index is -0.599. The van der Waals surface area contributed by atoms with Crippen LogP contribution >= 0.6 is 11.6 Å². The molecule has 0 radical (unpaired) electrons. The lowest BCUT2D eigenvalue weighted by Crippen LogP contribution is -2.28. The third-order valence-electron chi connectivity index (χ3n) is 6.78. The number of aromatic hydroxyl groups is 1. The fourth-order valence-electron chi connectivity index (χ4n) is 4.84. The van der Waals surface area contributed by atoms with Gasteiger partial charge in [0.1, 0.15) is 11.6 Å². The molecule has 0 saturated heterocycles. The van der Waals surface area contributed by atoms with Crippen LogP contribution in [0.15, 0.2) is 84.9 Å². The molecule has 1 heterocycles. The number of fused-ring (bicyclic) bond motifs is 1. The van der Waals surface area contributed by atoms with Gasteiger partial charge in [0.15, 0.2) is 0 Å². The number of benzene rings is 4. The van der Waals surface area contributed by atoms with E-state index in [-0.39, 0.29) is 23.3 Å². The highest BCUT2D eigenvalue weighted by atomic mass is 35.5. The Morgan fingerprint density at radius 2 is 1.80 bits per heavy atom. The van der Waals surface area contributed by atoms with E-state index in [1.54, 1.807) is 42.5 Å². The van der Waals surface area contributed by atoms with Crippen LogP contribution in [0.25, 0.3) is 33.5 Å². The molecule has 5 aromatic rings. The number of carbonyl (C=O) groups is 2. The Morgan fingerprint density at radius 3 is 2.55 bits per heavy atom. The van der Waals surface area contributed by atoms with Crippen molar-refractivity contribution in [3.8, 4) is 28.3 Å². The summed E-state index contributed by atoms with van der Waals surface area (Å²) < 4.78 is 5.10. The SMILES string of the molecule is CCC[C@@H](NC(=O)c1ccc(-c2c(Cl)cccc2-c2nc3ccc(O)cc3[nH]2)c(C(=O)OC)c1)c1ccccc1. The van der Waals surface area contributed by atoms with Gasteiger partial charge in [-0.1, -0.05) is 73.5 Å². The van der Waals surface area contributed by atoms with Crippen LogP contribution in [0.3, 0.4) is 0 Å². The van der Waals surface area contributed by atoms with Crippen LogP contribution in [0.1, 0.15) is 52.1 Å². The first-order valence-electron chi connectivity index (χ1n) is 13.0. The summed E-state index contributed by atoms with van der Waals surface area (Å²) in [7, 11) is 1.30. The number of rotatable bonds is 8. The molecule has 0 spiro atoms. The predicted octanol–water partition coefficient (Wildman–Crippen LogP) is 7.31. The Hall–Kier alpha value is -4.62. The number of nitrogens with one attached hydrogen (secondary N) is 2. The summed E-state index contributed by atoms with van der Waals surface area (Å²) in [6.45, 7) is 2.07. The van der Waals surface area contributed by atoms with Crippen molar-refractivity contribution in [3.63, 3.8) is 0 Å². The minimum Gasteiger partial charge on any atom is -0.508 e. The third-order valence-corrected chi connectivity index (χ3v) is 7.09. The van der Waals surface area contributed by atoms with Crippen molar-refractivity contribution in [3.05, 3.63) is 107 Å². The lowest BCUT2D eigenvalue weighted by atomic mass is 9.93. The van der Waals surface area contributed by atoms with Gasteiger partial charge in [0, 0.05) is 27.8 Å². The fourth-order valence-corrected chi connectivity index (χ4v) is 5.12. The molecule has 0 aliphatic heterocycles. The number of aromatic nitrogens is 2. The van der Waals surface area contributed by atoms with E-state index in [0.29, 0.717) is 44.1 Å². The highest BCUT2D eigenvalue weighted by molar-refractivity contribution is 6.34. The largest absolute Gasteiger partial charge is 0.508 e. The summed E-state index contributed by atoms with van der Waals surface area (Å²) >= 11 is 6.72. The lowest BCUT2D eigenvalue weighted by Gasteiger charge is -2.19. The van der Waals surface area contributed by atoms with Crippen LogP contribution in [0.4, 0.5) is 0 Å². The topological polar surface area (TPSA) is 104 Å². The van der Waals surface area contributed by atoms with E-state index in [2.05, 4.69) is 22.2 Å². The molecule has 5 rings (SSSR count). The van der Waals surface area contributed by atoms with Crippen molar-refractivity contribution in [2.24, 2.45) is 0 Å². The van der Waals surface area contributed by atoms with E-state index in [0.717, 1.165) is 18.4 Å². The molecule has 40 heavy (non-hydrogen) atoms. The third kappa shape index (κ3) is 5.42. The molecule has 8 heteroatoms. The molecule has 0 saturated carbocycles. The molecule has 0 bridgehead atoms. The summed E-state index contributed by atoms with van der Waals surface area (Å²) in [5, 5.41) is 13.4. The van der Waals surface area contributed by atoms with Gasteiger partial charge in [-0.25, -0.2) is 9.78 Å². The first-order valence-corrected chi connectivity index (χ1v) is 13.3. The average molecular weight is 554 g/mol. The van der Waals surface area contributed by atoms with Crippen molar-refractivity contribution >= 4 is 34.5 Å². The van der Waals surface area contributed by atoms with Crippen LogP contribution in [0.5, 0.6) is 5.75 Å². The van der Waals surface area contributed by atoms with E-state index in [1.165, 1.54) is 13.2 Å². The molecule has 1 atom stereocenters. The molecule has 4 aromatic carbocycles. The summed E-state index contributed by atoms with van der Waals surface area (Å²) in [6, 6.07) is 24.8. The number of halogens is 1. The number of carbonyl (C=O) groups excluding carboxylic acids is 2. The monoisotopic (exact) mass is 553 g/mol. The summed E-state index contributed by atoms with van der Waals surface area (Å²) in [5.41, 5.74) is 4.58. The van der Waals surface area contributed by atoms with Gasteiger partial charge >= 0.3 is 5.97 Å². The van der Waals surface area contributed by atoms with Gasteiger partial charge in [-0.2, -0.15) is 0 Å². The molecule has 0 unspecified atom stereocenters. The zero-order chi connectivity index (χ0) is 28.2. The maximum Gasteiger partial charge on any atom is 0.338 e. The second-order valence-electron chi connectivity index (χ2n) is 9.43. The molecule has 3 N–H and O–H groups in total. The van der Waals surface area contributed by atoms with Crippen molar-refractivity contribution in [2.45, 2.75) is 25.8 Å². The molecule has 0 aliphatic rings.